The molecule has 0 N–H and O–H groups in total. The van der Waals surface area contributed by atoms with Crippen LogP contribution in [0.25, 0.3) is 0 Å². The van der Waals surface area contributed by atoms with Crippen LogP contribution in [0.5, 0.6) is 0 Å². The van der Waals surface area contributed by atoms with Crippen molar-refractivity contribution in [3.63, 3.8) is 0 Å². The second kappa shape index (κ2) is 5.23. The van der Waals surface area contributed by atoms with Crippen molar-refractivity contribution in [3.05, 3.63) is 0 Å². The quantitative estimate of drug-likeness (QED) is 0.554. The van der Waals surface area contributed by atoms with Gasteiger partial charge in [-0.15, -0.1) is 0 Å². The highest BCUT2D eigenvalue weighted by Crippen LogP contribution is 1.94. The van der Waals surface area contributed by atoms with E-state index < -0.39 is 0 Å². The number of methoxy groups -OCH3 is 1. The molecular formula is C7H14O3. The van der Waals surface area contributed by atoms with E-state index in [0.29, 0.717) is 0 Å². The highest BCUT2D eigenvalue weighted by Gasteiger charge is 2.03. The molecule has 0 rings (SSSR count). The van der Waals surface area contributed by atoms with Crippen LogP contribution in [-0.4, -0.2) is 25.8 Å². The van der Waals surface area contributed by atoms with Crippen LogP contribution in [0.4, 0.5) is 0 Å². The molecule has 0 aromatic carbocycles. The van der Waals surface area contributed by atoms with Crippen molar-refractivity contribution in [1.29, 1.82) is 0 Å². The molecule has 0 aliphatic heterocycles. The molecule has 0 aromatic heterocycles. The van der Waals surface area contributed by atoms with E-state index in [0.717, 1.165) is 6.42 Å². The number of hydrogen-bond donors (Lipinski definition) is 0. The summed E-state index contributed by atoms with van der Waals surface area (Å²) in [6, 6.07) is 0. The molecule has 1 unspecified atom stereocenters. The van der Waals surface area contributed by atoms with Gasteiger partial charge in [-0.3, -0.25) is 0 Å². The third-order valence-electron chi connectivity index (χ3n) is 1.29. The Labute approximate surface area is 61.3 Å². The molecule has 3 nitrogen and oxygen atoms in total. The van der Waals surface area contributed by atoms with Crippen molar-refractivity contribution in [2.24, 2.45) is 0 Å². The summed E-state index contributed by atoms with van der Waals surface area (Å²) >= 11 is 0. The minimum Gasteiger partial charge on any atom is -0.467 e. The first-order valence-corrected chi connectivity index (χ1v) is 3.39. The van der Waals surface area contributed by atoms with Crippen LogP contribution in [0.15, 0.2) is 0 Å². The first-order valence-electron chi connectivity index (χ1n) is 3.39. The normalized spacial score (nSPS) is 12.7. The zero-order valence-electron chi connectivity index (χ0n) is 6.72. The summed E-state index contributed by atoms with van der Waals surface area (Å²) in [6.07, 6.45) is 1.05. The molecule has 0 aliphatic rings. The standard InChI is InChI=1S/C7H14O3/c1-4-6(2)10-5-7(8)9-3/h6H,4-5H2,1-3H3. The van der Waals surface area contributed by atoms with E-state index in [9.17, 15) is 4.79 Å². The minimum absolute atomic E-state index is 0.0610. The lowest BCUT2D eigenvalue weighted by Crippen LogP contribution is -2.15. The van der Waals surface area contributed by atoms with Crippen LogP contribution in [0.3, 0.4) is 0 Å². The zero-order chi connectivity index (χ0) is 7.98. The Bertz CT molecular complexity index is 101. The molecule has 0 radical (unpaired) electrons. The number of ether oxygens (including phenoxy) is 2. The molecule has 3 heteroatoms. The summed E-state index contributed by atoms with van der Waals surface area (Å²) in [5.41, 5.74) is 0. The van der Waals surface area contributed by atoms with Crippen molar-refractivity contribution >= 4 is 5.97 Å². The van der Waals surface area contributed by atoms with E-state index in [-0.39, 0.29) is 18.7 Å². The summed E-state index contributed by atoms with van der Waals surface area (Å²) < 4.78 is 9.45. The zero-order valence-corrected chi connectivity index (χ0v) is 6.72. The molecule has 0 amide bonds. The van der Waals surface area contributed by atoms with Gasteiger partial charge in [0.25, 0.3) is 0 Å². The van der Waals surface area contributed by atoms with Crippen LogP contribution in [0, 0.1) is 0 Å². The topological polar surface area (TPSA) is 35.5 Å². The predicted molar refractivity (Wildman–Crippen MR) is 37.7 cm³/mol. The van der Waals surface area contributed by atoms with Gasteiger partial charge in [0, 0.05) is 0 Å². The van der Waals surface area contributed by atoms with Gasteiger partial charge in [0.1, 0.15) is 6.61 Å². The fourth-order valence-electron chi connectivity index (χ4n) is 0.387. The number of rotatable bonds is 4. The first kappa shape index (κ1) is 9.43. The lowest BCUT2D eigenvalue weighted by molar-refractivity contribution is -0.147. The van der Waals surface area contributed by atoms with Gasteiger partial charge in [-0.25, -0.2) is 4.79 Å². The SMILES string of the molecule is CCC(C)OCC(=O)OC. The molecule has 10 heavy (non-hydrogen) atoms. The van der Waals surface area contributed by atoms with Crippen molar-refractivity contribution < 1.29 is 14.3 Å². The van der Waals surface area contributed by atoms with E-state index in [2.05, 4.69) is 4.74 Å². The fourth-order valence-corrected chi connectivity index (χ4v) is 0.387. The van der Waals surface area contributed by atoms with E-state index in [4.69, 9.17) is 4.74 Å². The van der Waals surface area contributed by atoms with E-state index in [1.165, 1.54) is 7.11 Å². The molecule has 0 spiro atoms. The first-order chi connectivity index (χ1) is 4.70. The fraction of sp³-hybridized carbons (Fsp3) is 0.857. The lowest BCUT2D eigenvalue weighted by atomic mass is 10.3. The van der Waals surface area contributed by atoms with Crippen molar-refractivity contribution in [1.82, 2.24) is 0 Å². The van der Waals surface area contributed by atoms with Gasteiger partial charge in [0.2, 0.25) is 0 Å². The lowest BCUT2D eigenvalue weighted by Gasteiger charge is -2.07. The number of carbonyl (C=O) groups excluding carboxylic acids is 1. The van der Waals surface area contributed by atoms with Crippen LogP contribution >= 0.6 is 0 Å². The molecule has 0 bridgehead atoms. The van der Waals surface area contributed by atoms with Gasteiger partial charge < -0.3 is 9.47 Å². The number of carbonyl (C=O) groups is 1. The molecule has 0 aliphatic carbocycles. The van der Waals surface area contributed by atoms with E-state index in [1.54, 1.807) is 0 Å². The van der Waals surface area contributed by atoms with Crippen molar-refractivity contribution in [3.8, 4) is 0 Å². The van der Waals surface area contributed by atoms with Crippen LogP contribution in [-0.2, 0) is 14.3 Å². The average molecular weight is 146 g/mol. The van der Waals surface area contributed by atoms with E-state index >= 15 is 0 Å². The molecule has 0 fully saturated rings. The highest BCUT2D eigenvalue weighted by atomic mass is 16.6. The molecular weight excluding hydrogens is 132 g/mol. The van der Waals surface area contributed by atoms with Gasteiger partial charge in [0.15, 0.2) is 0 Å². The predicted octanol–water partition coefficient (Wildman–Crippen LogP) is 0.975. The van der Waals surface area contributed by atoms with Crippen LogP contribution < -0.4 is 0 Å². The Morgan fingerprint density at radius 3 is 2.60 bits per heavy atom. The largest absolute Gasteiger partial charge is 0.467 e. The van der Waals surface area contributed by atoms with Crippen molar-refractivity contribution in [2.75, 3.05) is 13.7 Å². The Balaban J connectivity index is 3.26. The summed E-state index contributed by atoms with van der Waals surface area (Å²) in [5, 5.41) is 0. The van der Waals surface area contributed by atoms with Gasteiger partial charge in [-0.1, -0.05) is 6.92 Å². The van der Waals surface area contributed by atoms with Gasteiger partial charge >= 0.3 is 5.97 Å². The van der Waals surface area contributed by atoms with Crippen molar-refractivity contribution in [2.45, 2.75) is 26.4 Å². The maximum atomic E-state index is 10.5. The summed E-state index contributed by atoms with van der Waals surface area (Å²) in [7, 11) is 1.35. The third kappa shape index (κ3) is 4.32. The second-order valence-corrected chi connectivity index (χ2v) is 2.11. The Hall–Kier alpha value is -0.570. The van der Waals surface area contributed by atoms with Gasteiger partial charge in [-0.2, -0.15) is 0 Å². The minimum atomic E-state index is -0.319. The molecule has 0 heterocycles. The molecule has 0 saturated heterocycles. The van der Waals surface area contributed by atoms with Crippen LogP contribution in [0.2, 0.25) is 0 Å². The van der Waals surface area contributed by atoms with Crippen LogP contribution in [0.1, 0.15) is 20.3 Å². The van der Waals surface area contributed by atoms with Gasteiger partial charge in [-0.05, 0) is 13.3 Å². The molecule has 0 aromatic rings. The monoisotopic (exact) mass is 146 g/mol. The Morgan fingerprint density at radius 1 is 1.60 bits per heavy atom. The number of esters is 1. The van der Waals surface area contributed by atoms with Gasteiger partial charge in [0.05, 0.1) is 13.2 Å². The Kier molecular flexibility index (Phi) is 4.94. The smallest absolute Gasteiger partial charge is 0.331 e. The maximum Gasteiger partial charge on any atom is 0.331 e. The molecule has 1 atom stereocenters. The molecule has 0 saturated carbocycles. The Morgan fingerprint density at radius 2 is 2.20 bits per heavy atom. The highest BCUT2D eigenvalue weighted by molar-refractivity contribution is 5.70. The second-order valence-electron chi connectivity index (χ2n) is 2.11. The molecule has 60 valence electrons. The average Bonchev–Trinajstić information content (AvgIpc) is 1.99. The summed E-state index contributed by atoms with van der Waals surface area (Å²) in [5.74, 6) is -0.319. The third-order valence-corrected chi connectivity index (χ3v) is 1.29. The number of hydrogen-bond acceptors (Lipinski definition) is 3. The summed E-state index contributed by atoms with van der Waals surface area (Å²) in [6.45, 7) is 3.98. The summed E-state index contributed by atoms with van der Waals surface area (Å²) in [4.78, 5) is 10.5. The van der Waals surface area contributed by atoms with E-state index in [1.807, 2.05) is 13.8 Å². The maximum absolute atomic E-state index is 10.5.